The van der Waals surface area contributed by atoms with Gasteiger partial charge in [-0.15, -0.1) is 0 Å². The number of carbonyl (C=O) groups excluding carboxylic acids is 2. The highest BCUT2D eigenvalue weighted by Gasteiger charge is 2.18. The first-order valence-corrected chi connectivity index (χ1v) is 25.1. The summed E-state index contributed by atoms with van der Waals surface area (Å²) in [6.07, 6.45) is 54.6. The van der Waals surface area contributed by atoms with Gasteiger partial charge in [-0.05, 0) is 57.8 Å². The molecule has 0 aromatic heterocycles. The maximum absolute atomic E-state index is 12.4. The summed E-state index contributed by atoms with van der Waals surface area (Å²) in [5, 5.41) is 22.9. The fraction of sp³-hybridized carbons (Fsp3) is 0.882. The summed E-state index contributed by atoms with van der Waals surface area (Å²) in [5.41, 5.74) is 0. The van der Waals surface area contributed by atoms with Gasteiger partial charge in [-0.3, -0.25) is 9.59 Å². The van der Waals surface area contributed by atoms with Crippen LogP contribution in [0.5, 0.6) is 0 Å². The van der Waals surface area contributed by atoms with Crippen molar-refractivity contribution in [2.45, 2.75) is 276 Å². The molecule has 6 heteroatoms. The molecule has 0 aliphatic carbocycles. The van der Waals surface area contributed by atoms with Crippen LogP contribution in [0.3, 0.4) is 0 Å². The summed E-state index contributed by atoms with van der Waals surface area (Å²) in [5.74, 6) is -0.0925. The number of hydrogen-bond donors (Lipinski definition) is 3. The number of esters is 1. The van der Waals surface area contributed by atoms with Crippen LogP contribution in [0.1, 0.15) is 264 Å². The number of allylic oxidation sites excluding steroid dienone is 3. The van der Waals surface area contributed by atoms with E-state index in [1.165, 1.54) is 180 Å². The van der Waals surface area contributed by atoms with Gasteiger partial charge < -0.3 is 20.3 Å². The number of carbonyl (C=O) groups is 2. The zero-order valence-corrected chi connectivity index (χ0v) is 38.1. The van der Waals surface area contributed by atoms with E-state index in [1.807, 2.05) is 6.08 Å². The molecule has 57 heavy (non-hydrogen) atoms. The number of unbranched alkanes of at least 4 members (excludes halogenated alkanes) is 33. The van der Waals surface area contributed by atoms with E-state index in [1.54, 1.807) is 6.08 Å². The van der Waals surface area contributed by atoms with Gasteiger partial charge in [0.2, 0.25) is 5.91 Å². The van der Waals surface area contributed by atoms with Crippen LogP contribution in [0.15, 0.2) is 24.3 Å². The van der Waals surface area contributed by atoms with Crippen LogP contribution in [0.2, 0.25) is 0 Å². The van der Waals surface area contributed by atoms with E-state index in [-0.39, 0.29) is 18.5 Å². The van der Waals surface area contributed by atoms with Crippen molar-refractivity contribution in [3.05, 3.63) is 24.3 Å². The molecule has 0 aromatic carbocycles. The number of aliphatic hydroxyl groups is 2. The molecule has 0 radical (unpaired) electrons. The Bertz CT molecular complexity index is 889. The maximum Gasteiger partial charge on any atom is 0.305 e. The molecule has 0 aromatic rings. The lowest BCUT2D eigenvalue weighted by Crippen LogP contribution is -2.45. The molecule has 0 fully saturated rings. The molecule has 0 aliphatic rings. The molecule has 0 saturated heterocycles. The second kappa shape index (κ2) is 47.0. The summed E-state index contributed by atoms with van der Waals surface area (Å²) >= 11 is 0. The number of nitrogens with one attached hydrogen (secondary N) is 1. The van der Waals surface area contributed by atoms with Gasteiger partial charge in [-0.2, -0.15) is 0 Å². The van der Waals surface area contributed by atoms with Crippen LogP contribution in [-0.4, -0.2) is 47.4 Å². The lowest BCUT2D eigenvalue weighted by molar-refractivity contribution is -0.143. The summed E-state index contributed by atoms with van der Waals surface area (Å²) in [4.78, 5) is 24.4. The third-order valence-corrected chi connectivity index (χ3v) is 11.5. The smallest absolute Gasteiger partial charge is 0.305 e. The fourth-order valence-corrected chi connectivity index (χ4v) is 7.57. The first kappa shape index (κ1) is 55.3. The minimum atomic E-state index is -0.849. The molecule has 3 N–H and O–H groups in total. The molecule has 2 unspecified atom stereocenters. The predicted molar refractivity (Wildman–Crippen MR) is 246 cm³/mol. The second-order valence-corrected chi connectivity index (χ2v) is 17.1. The quantitative estimate of drug-likeness (QED) is 0.0324. The third kappa shape index (κ3) is 43.7. The molecule has 2 atom stereocenters. The molecule has 0 bridgehead atoms. The van der Waals surface area contributed by atoms with Gasteiger partial charge in [-0.25, -0.2) is 0 Å². The Kier molecular flexibility index (Phi) is 45.7. The number of amides is 1. The van der Waals surface area contributed by atoms with E-state index in [9.17, 15) is 19.8 Å². The van der Waals surface area contributed by atoms with Crippen LogP contribution in [0.4, 0.5) is 0 Å². The summed E-state index contributed by atoms with van der Waals surface area (Å²) < 4.78 is 5.46. The van der Waals surface area contributed by atoms with E-state index in [4.69, 9.17) is 4.74 Å². The van der Waals surface area contributed by atoms with Crippen LogP contribution in [-0.2, 0) is 14.3 Å². The first-order valence-electron chi connectivity index (χ1n) is 25.1. The van der Waals surface area contributed by atoms with Crippen molar-refractivity contribution in [1.82, 2.24) is 5.32 Å². The zero-order valence-electron chi connectivity index (χ0n) is 38.1. The zero-order chi connectivity index (χ0) is 41.5. The fourth-order valence-electron chi connectivity index (χ4n) is 7.57. The van der Waals surface area contributed by atoms with Gasteiger partial charge in [0.1, 0.15) is 0 Å². The largest absolute Gasteiger partial charge is 0.466 e. The molecule has 6 nitrogen and oxygen atoms in total. The highest BCUT2D eigenvalue weighted by atomic mass is 16.5. The van der Waals surface area contributed by atoms with E-state index in [0.717, 1.165) is 57.8 Å². The standard InChI is InChI=1S/C51H97NO5/c1-3-5-7-9-11-13-15-16-17-18-22-25-29-33-37-41-45-51(56)57-46-42-38-34-30-26-23-20-19-21-24-28-32-36-40-44-50(55)52-48(47-53)49(54)43-39-35-31-27-14-12-10-8-6-4-2/h17-18,39,43,48-49,53-54H,3-16,19-38,40-42,44-47H2,1-2H3,(H,52,55)/b18-17-,43-39+. The van der Waals surface area contributed by atoms with Crippen molar-refractivity contribution in [1.29, 1.82) is 0 Å². The summed E-state index contributed by atoms with van der Waals surface area (Å²) in [6, 6.07) is -0.634. The Morgan fingerprint density at radius 3 is 1.25 bits per heavy atom. The minimum absolute atomic E-state index is 0.0115. The first-order chi connectivity index (χ1) is 28.0. The molecule has 1 amide bonds. The summed E-state index contributed by atoms with van der Waals surface area (Å²) in [6.45, 7) is 4.85. The number of hydrogen-bond acceptors (Lipinski definition) is 5. The lowest BCUT2D eigenvalue weighted by atomic mass is 10.0. The topological polar surface area (TPSA) is 95.9 Å². The lowest BCUT2D eigenvalue weighted by Gasteiger charge is -2.20. The van der Waals surface area contributed by atoms with Crippen molar-refractivity contribution in [3.8, 4) is 0 Å². The average Bonchev–Trinajstić information content (AvgIpc) is 3.21. The summed E-state index contributed by atoms with van der Waals surface area (Å²) in [7, 11) is 0. The Hall–Kier alpha value is -1.66. The van der Waals surface area contributed by atoms with Crippen molar-refractivity contribution in [2.24, 2.45) is 0 Å². The molecule has 0 saturated carbocycles. The van der Waals surface area contributed by atoms with E-state index in [2.05, 4.69) is 31.3 Å². The van der Waals surface area contributed by atoms with E-state index < -0.39 is 12.1 Å². The molecular formula is C51H97NO5. The highest BCUT2D eigenvalue weighted by Crippen LogP contribution is 2.15. The van der Waals surface area contributed by atoms with Crippen molar-refractivity contribution in [2.75, 3.05) is 13.2 Å². The van der Waals surface area contributed by atoms with Crippen LogP contribution in [0.25, 0.3) is 0 Å². The Balaban J connectivity index is 3.44. The molecule has 0 aliphatic heterocycles. The van der Waals surface area contributed by atoms with Gasteiger partial charge in [-0.1, -0.05) is 218 Å². The van der Waals surface area contributed by atoms with Gasteiger partial charge in [0.25, 0.3) is 0 Å². The Morgan fingerprint density at radius 2 is 0.825 bits per heavy atom. The van der Waals surface area contributed by atoms with E-state index in [0.29, 0.717) is 19.4 Å². The van der Waals surface area contributed by atoms with Crippen LogP contribution < -0.4 is 5.32 Å². The maximum atomic E-state index is 12.4. The molecule has 336 valence electrons. The second-order valence-electron chi connectivity index (χ2n) is 17.1. The van der Waals surface area contributed by atoms with E-state index >= 15 is 0 Å². The molecule has 0 spiro atoms. The normalized spacial score (nSPS) is 12.8. The van der Waals surface area contributed by atoms with Crippen LogP contribution >= 0.6 is 0 Å². The monoisotopic (exact) mass is 804 g/mol. The molecule has 0 rings (SSSR count). The predicted octanol–water partition coefficient (Wildman–Crippen LogP) is 14.7. The minimum Gasteiger partial charge on any atom is -0.466 e. The van der Waals surface area contributed by atoms with Gasteiger partial charge in [0.15, 0.2) is 0 Å². The Morgan fingerprint density at radius 1 is 0.474 bits per heavy atom. The van der Waals surface area contributed by atoms with Gasteiger partial charge in [0, 0.05) is 12.8 Å². The highest BCUT2D eigenvalue weighted by molar-refractivity contribution is 5.76. The van der Waals surface area contributed by atoms with Crippen LogP contribution in [0, 0.1) is 0 Å². The molecular weight excluding hydrogens is 707 g/mol. The van der Waals surface area contributed by atoms with Crippen molar-refractivity contribution < 1.29 is 24.5 Å². The van der Waals surface area contributed by atoms with Crippen molar-refractivity contribution >= 4 is 11.9 Å². The van der Waals surface area contributed by atoms with Gasteiger partial charge >= 0.3 is 5.97 Å². The third-order valence-electron chi connectivity index (χ3n) is 11.5. The Labute approximate surface area is 354 Å². The van der Waals surface area contributed by atoms with Crippen molar-refractivity contribution in [3.63, 3.8) is 0 Å². The van der Waals surface area contributed by atoms with Gasteiger partial charge in [0.05, 0.1) is 25.4 Å². The molecule has 0 heterocycles. The number of aliphatic hydroxyl groups excluding tert-OH is 2. The average molecular weight is 804 g/mol. The SMILES string of the molecule is CCCCCCCCC/C=C\CCCCCCCC(=O)OCCCCCCCCCCCCCCCCC(=O)NC(CO)C(O)/C=C/CCCCCCCCCC. The number of rotatable bonds is 46. The number of ether oxygens (including phenoxy) is 1.